The Morgan fingerprint density at radius 1 is 1.24 bits per heavy atom. The summed E-state index contributed by atoms with van der Waals surface area (Å²) in [5.41, 5.74) is 1.30. The zero-order valence-electron chi connectivity index (χ0n) is 11.1. The summed E-state index contributed by atoms with van der Waals surface area (Å²) >= 11 is 17.8. The van der Waals surface area contributed by atoms with Crippen LogP contribution in [0.15, 0.2) is 24.4 Å². The molecule has 1 heterocycles. The van der Waals surface area contributed by atoms with Crippen molar-refractivity contribution in [3.05, 3.63) is 45.7 Å². The van der Waals surface area contributed by atoms with Gasteiger partial charge in [0.1, 0.15) is 5.56 Å². The zero-order chi connectivity index (χ0) is 15.4. The molecule has 0 amide bonds. The molecule has 21 heavy (non-hydrogen) atoms. The van der Waals surface area contributed by atoms with Gasteiger partial charge in [-0.05, 0) is 25.1 Å². The van der Waals surface area contributed by atoms with Crippen LogP contribution in [-0.4, -0.2) is 22.5 Å². The van der Waals surface area contributed by atoms with Crippen molar-refractivity contribution in [2.24, 2.45) is 0 Å². The van der Waals surface area contributed by atoms with Gasteiger partial charge in [-0.2, -0.15) is 0 Å². The first kappa shape index (κ1) is 16.0. The third-order valence-electron chi connectivity index (χ3n) is 2.61. The summed E-state index contributed by atoms with van der Waals surface area (Å²) in [5.74, 6) is -0.0373. The molecule has 2 aromatic rings. The molecule has 0 radical (unpaired) electrons. The second-order valence-corrected chi connectivity index (χ2v) is 5.21. The molecule has 0 aliphatic carbocycles. The molecule has 0 aliphatic heterocycles. The second kappa shape index (κ2) is 7.07. The molecule has 0 N–H and O–H groups in total. The maximum atomic E-state index is 11.8. The van der Waals surface area contributed by atoms with E-state index in [1.54, 1.807) is 25.1 Å². The standard InChI is InChI=1S/C14H11Cl3N2O2/c1-2-21-14(20)11-7-18-13(19-12(11)6-15)8-3-9(16)5-10(17)4-8/h3-5,7H,2,6H2,1H3. The van der Waals surface area contributed by atoms with E-state index in [9.17, 15) is 4.79 Å². The number of esters is 1. The minimum Gasteiger partial charge on any atom is -0.462 e. The number of nitrogens with zero attached hydrogens (tertiary/aromatic N) is 2. The highest BCUT2D eigenvalue weighted by Crippen LogP contribution is 2.25. The lowest BCUT2D eigenvalue weighted by atomic mass is 10.2. The Kier molecular flexibility index (Phi) is 5.39. The lowest BCUT2D eigenvalue weighted by Gasteiger charge is -2.08. The van der Waals surface area contributed by atoms with Gasteiger partial charge in [0.2, 0.25) is 0 Å². The van der Waals surface area contributed by atoms with Crippen LogP contribution in [-0.2, 0) is 10.6 Å². The summed E-state index contributed by atoms with van der Waals surface area (Å²) < 4.78 is 4.93. The number of benzene rings is 1. The number of hydrogen-bond donors (Lipinski definition) is 0. The van der Waals surface area contributed by atoms with E-state index >= 15 is 0 Å². The van der Waals surface area contributed by atoms with Crippen molar-refractivity contribution in [1.82, 2.24) is 9.97 Å². The summed E-state index contributed by atoms with van der Waals surface area (Å²) in [4.78, 5) is 20.2. The SMILES string of the molecule is CCOC(=O)c1cnc(-c2cc(Cl)cc(Cl)c2)nc1CCl. The molecule has 7 heteroatoms. The quantitative estimate of drug-likeness (QED) is 0.610. The Labute approximate surface area is 137 Å². The van der Waals surface area contributed by atoms with Gasteiger partial charge in [-0.1, -0.05) is 23.2 Å². The molecule has 2 rings (SSSR count). The predicted molar refractivity (Wildman–Crippen MR) is 83.0 cm³/mol. The van der Waals surface area contributed by atoms with Gasteiger partial charge in [0, 0.05) is 21.8 Å². The summed E-state index contributed by atoms with van der Waals surface area (Å²) in [5, 5.41) is 0.950. The van der Waals surface area contributed by atoms with Gasteiger partial charge >= 0.3 is 5.97 Å². The van der Waals surface area contributed by atoms with Crippen LogP contribution >= 0.6 is 34.8 Å². The Hall–Kier alpha value is -1.36. The van der Waals surface area contributed by atoms with Crippen molar-refractivity contribution in [1.29, 1.82) is 0 Å². The highest BCUT2D eigenvalue weighted by molar-refractivity contribution is 6.35. The van der Waals surface area contributed by atoms with E-state index in [0.29, 0.717) is 27.1 Å². The monoisotopic (exact) mass is 344 g/mol. The minimum absolute atomic E-state index is 0.0674. The molecule has 1 aromatic heterocycles. The number of aromatic nitrogens is 2. The van der Waals surface area contributed by atoms with Crippen LogP contribution < -0.4 is 0 Å². The highest BCUT2D eigenvalue weighted by atomic mass is 35.5. The molecule has 1 aromatic carbocycles. The number of rotatable bonds is 4. The Bertz CT molecular complexity index is 657. The number of ether oxygens (including phenoxy) is 1. The first-order valence-corrected chi connectivity index (χ1v) is 7.39. The summed E-state index contributed by atoms with van der Waals surface area (Å²) in [6.07, 6.45) is 1.40. The third-order valence-corrected chi connectivity index (χ3v) is 3.30. The highest BCUT2D eigenvalue weighted by Gasteiger charge is 2.16. The van der Waals surface area contributed by atoms with E-state index in [-0.39, 0.29) is 18.1 Å². The van der Waals surface area contributed by atoms with E-state index in [2.05, 4.69) is 9.97 Å². The number of alkyl halides is 1. The minimum atomic E-state index is -0.496. The first-order chi connectivity index (χ1) is 10.0. The van der Waals surface area contributed by atoms with Crippen molar-refractivity contribution in [2.75, 3.05) is 6.61 Å². The maximum absolute atomic E-state index is 11.8. The van der Waals surface area contributed by atoms with E-state index in [1.165, 1.54) is 6.20 Å². The number of carbonyl (C=O) groups is 1. The Morgan fingerprint density at radius 2 is 1.90 bits per heavy atom. The fourth-order valence-corrected chi connectivity index (χ4v) is 2.45. The fraction of sp³-hybridized carbons (Fsp3) is 0.214. The van der Waals surface area contributed by atoms with Gasteiger partial charge in [-0.3, -0.25) is 0 Å². The van der Waals surface area contributed by atoms with Gasteiger partial charge in [0.05, 0.1) is 18.2 Å². The molecule has 0 atom stereocenters. The lowest BCUT2D eigenvalue weighted by Crippen LogP contribution is -2.10. The molecular weight excluding hydrogens is 335 g/mol. The Morgan fingerprint density at radius 3 is 2.48 bits per heavy atom. The summed E-state index contributed by atoms with van der Waals surface area (Å²) in [7, 11) is 0. The molecule has 110 valence electrons. The predicted octanol–water partition coefficient (Wildman–Crippen LogP) is 4.37. The smallest absolute Gasteiger partial charge is 0.341 e. The Balaban J connectivity index is 2.45. The van der Waals surface area contributed by atoms with Crippen LogP contribution in [0.2, 0.25) is 10.0 Å². The van der Waals surface area contributed by atoms with Crippen LogP contribution in [0.3, 0.4) is 0 Å². The van der Waals surface area contributed by atoms with Crippen molar-refractivity contribution in [3.63, 3.8) is 0 Å². The zero-order valence-corrected chi connectivity index (χ0v) is 13.3. The van der Waals surface area contributed by atoms with Gasteiger partial charge < -0.3 is 4.74 Å². The maximum Gasteiger partial charge on any atom is 0.341 e. The van der Waals surface area contributed by atoms with E-state index in [4.69, 9.17) is 39.5 Å². The molecule has 0 bridgehead atoms. The van der Waals surface area contributed by atoms with Gasteiger partial charge in [0.25, 0.3) is 0 Å². The van der Waals surface area contributed by atoms with Crippen molar-refractivity contribution in [3.8, 4) is 11.4 Å². The van der Waals surface area contributed by atoms with Crippen molar-refractivity contribution >= 4 is 40.8 Å². The number of carbonyl (C=O) groups excluding carboxylic acids is 1. The van der Waals surface area contributed by atoms with E-state index < -0.39 is 5.97 Å². The average Bonchev–Trinajstić information content (AvgIpc) is 2.45. The van der Waals surface area contributed by atoms with E-state index in [0.717, 1.165) is 0 Å². The van der Waals surface area contributed by atoms with Crippen LogP contribution in [0.5, 0.6) is 0 Å². The van der Waals surface area contributed by atoms with Crippen molar-refractivity contribution < 1.29 is 9.53 Å². The molecule has 0 saturated carbocycles. The molecule has 0 saturated heterocycles. The third kappa shape index (κ3) is 3.84. The van der Waals surface area contributed by atoms with Crippen molar-refractivity contribution in [2.45, 2.75) is 12.8 Å². The fourth-order valence-electron chi connectivity index (χ4n) is 1.72. The molecule has 0 aliphatic rings. The largest absolute Gasteiger partial charge is 0.462 e. The van der Waals surface area contributed by atoms with Gasteiger partial charge in [-0.25, -0.2) is 14.8 Å². The second-order valence-electron chi connectivity index (χ2n) is 4.07. The topological polar surface area (TPSA) is 52.1 Å². The van der Waals surface area contributed by atoms with Crippen LogP contribution in [0.1, 0.15) is 23.0 Å². The molecular formula is C14H11Cl3N2O2. The molecule has 4 nitrogen and oxygen atoms in total. The van der Waals surface area contributed by atoms with Gasteiger partial charge in [-0.15, -0.1) is 11.6 Å². The molecule has 0 fully saturated rings. The lowest BCUT2D eigenvalue weighted by molar-refractivity contribution is 0.0524. The van der Waals surface area contributed by atoms with Crippen LogP contribution in [0.25, 0.3) is 11.4 Å². The normalized spacial score (nSPS) is 10.5. The first-order valence-electron chi connectivity index (χ1n) is 6.10. The molecule has 0 spiro atoms. The summed E-state index contributed by atoms with van der Waals surface area (Å²) in [6, 6.07) is 4.98. The van der Waals surface area contributed by atoms with Crippen LogP contribution in [0.4, 0.5) is 0 Å². The molecule has 0 unspecified atom stereocenters. The van der Waals surface area contributed by atoms with Gasteiger partial charge in [0.15, 0.2) is 5.82 Å². The summed E-state index contributed by atoms with van der Waals surface area (Å²) in [6.45, 7) is 1.99. The van der Waals surface area contributed by atoms with Crippen LogP contribution in [0, 0.1) is 0 Å². The number of halogens is 3. The average molecular weight is 346 g/mol. The number of hydrogen-bond acceptors (Lipinski definition) is 4. The van der Waals surface area contributed by atoms with E-state index in [1.807, 2.05) is 0 Å².